The third kappa shape index (κ3) is 2.75. The summed E-state index contributed by atoms with van der Waals surface area (Å²) in [6.45, 7) is 13.4. The van der Waals surface area contributed by atoms with E-state index in [0.29, 0.717) is 5.92 Å². The number of nitrogens with zero attached hydrogens (tertiary/aromatic N) is 2. The summed E-state index contributed by atoms with van der Waals surface area (Å²) < 4.78 is 15.1. The second-order valence-electron chi connectivity index (χ2n) is 9.10. The average molecular weight is 368 g/mol. The molecule has 0 saturated carbocycles. The molecule has 0 bridgehead atoms. The van der Waals surface area contributed by atoms with E-state index in [9.17, 15) is 0 Å². The fourth-order valence-electron chi connectivity index (χ4n) is 4.21. The SMILES string of the molecule is CC1(C)OB(c2cc(C3CNC3)c3nc4n(c3c2)CCNCC4)OC1(C)C. The van der Waals surface area contributed by atoms with Gasteiger partial charge >= 0.3 is 7.12 Å². The van der Waals surface area contributed by atoms with E-state index in [1.807, 2.05) is 0 Å². The second-order valence-corrected chi connectivity index (χ2v) is 9.10. The molecule has 2 N–H and O–H groups in total. The van der Waals surface area contributed by atoms with Gasteiger partial charge in [-0.2, -0.15) is 0 Å². The number of hydrogen-bond donors (Lipinski definition) is 2. The van der Waals surface area contributed by atoms with Gasteiger partial charge in [0.2, 0.25) is 0 Å². The van der Waals surface area contributed by atoms with E-state index in [1.165, 1.54) is 22.4 Å². The van der Waals surface area contributed by atoms with Crippen LogP contribution in [0.4, 0.5) is 0 Å². The predicted octanol–water partition coefficient (Wildman–Crippen LogP) is 1.17. The molecule has 27 heavy (non-hydrogen) atoms. The molecule has 4 heterocycles. The zero-order valence-electron chi connectivity index (χ0n) is 16.8. The Hall–Kier alpha value is -1.41. The number of aromatic nitrogens is 2. The van der Waals surface area contributed by atoms with Crippen molar-refractivity contribution in [2.45, 2.75) is 57.8 Å². The van der Waals surface area contributed by atoms with Crippen LogP contribution in [0.5, 0.6) is 0 Å². The standard InChI is InChI=1S/C20H29BN4O2/c1-19(2)20(3,4)27-21(26-19)14-9-15(13-11-23-12-13)18-16(10-14)25-8-7-22-6-5-17(25)24-18/h9-10,13,22-23H,5-8,11-12H2,1-4H3. The van der Waals surface area contributed by atoms with Crippen molar-refractivity contribution in [1.82, 2.24) is 20.2 Å². The van der Waals surface area contributed by atoms with Gasteiger partial charge in [0, 0.05) is 45.1 Å². The molecule has 2 fully saturated rings. The van der Waals surface area contributed by atoms with Gasteiger partial charge in [-0.25, -0.2) is 4.98 Å². The largest absolute Gasteiger partial charge is 0.494 e. The number of hydrogen-bond acceptors (Lipinski definition) is 5. The Morgan fingerprint density at radius 3 is 2.48 bits per heavy atom. The second kappa shape index (κ2) is 6.04. The zero-order valence-corrected chi connectivity index (χ0v) is 16.8. The van der Waals surface area contributed by atoms with Crippen LogP contribution in [-0.2, 0) is 22.3 Å². The van der Waals surface area contributed by atoms with E-state index in [1.54, 1.807) is 0 Å². The lowest BCUT2D eigenvalue weighted by Crippen LogP contribution is -2.41. The van der Waals surface area contributed by atoms with E-state index in [0.717, 1.165) is 44.6 Å². The van der Waals surface area contributed by atoms with Crippen LogP contribution in [0, 0.1) is 0 Å². The van der Waals surface area contributed by atoms with Crippen LogP contribution in [0.3, 0.4) is 0 Å². The molecule has 0 amide bonds. The van der Waals surface area contributed by atoms with E-state index < -0.39 is 0 Å². The van der Waals surface area contributed by atoms with Gasteiger partial charge in [-0.05, 0) is 44.8 Å². The minimum absolute atomic E-state index is 0.330. The molecule has 0 aliphatic carbocycles. The molecule has 5 rings (SSSR count). The van der Waals surface area contributed by atoms with Crippen molar-refractivity contribution >= 4 is 23.6 Å². The van der Waals surface area contributed by atoms with Crippen LogP contribution >= 0.6 is 0 Å². The molecule has 2 aromatic rings. The monoisotopic (exact) mass is 368 g/mol. The topological polar surface area (TPSA) is 60.3 Å². The molecule has 0 unspecified atom stereocenters. The molecular weight excluding hydrogens is 339 g/mol. The molecule has 0 radical (unpaired) electrons. The zero-order chi connectivity index (χ0) is 18.8. The van der Waals surface area contributed by atoms with Crippen LogP contribution in [0.25, 0.3) is 11.0 Å². The van der Waals surface area contributed by atoms with Crippen molar-refractivity contribution in [2.75, 3.05) is 26.2 Å². The molecule has 7 heteroatoms. The van der Waals surface area contributed by atoms with Crippen molar-refractivity contribution in [3.8, 4) is 0 Å². The van der Waals surface area contributed by atoms with E-state index in [4.69, 9.17) is 14.3 Å². The highest BCUT2D eigenvalue weighted by molar-refractivity contribution is 6.62. The van der Waals surface area contributed by atoms with E-state index in [2.05, 4.69) is 55.0 Å². The summed E-state index contributed by atoms with van der Waals surface area (Å²) in [5.74, 6) is 1.71. The highest BCUT2D eigenvalue weighted by Crippen LogP contribution is 2.37. The van der Waals surface area contributed by atoms with Crippen LogP contribution in [-0.4, -0.2) is 54.1 Å². The molecule has 1 aromatic heterocycles. The van der Waals surface area contributed by atoms with Crippen LogP contribution in [0.1, 0.15) is 45.0 Å². The normalized spacial score (nSPS) is 24.7. The lowest BCUT2D eigenvalue weighted by molar-refractivity contribution is 0.00578. The summed E-state index contributed by atoms with van der Waals surface area (Å²) >= 11 is 0. The third-order valence-corrected chi connectivity index (χ3v) is 6.77. The summed E-state index contributed by atoms with van der Waals surface area (Å²) in [6.07, 6.45) is 0.975. The average Bonchev–Trinajstić information content (AvgIpc) is 2.88. The quantitative estimate of drug-likeness (QED) is 0.780. The molecule has 0 spiro atoms. The Kier molecular flexibility index (Phi) is 3.96. The molecule has 1 aromatic carbocycles. The van der Waals surface area contributed by atoms with Crippen molar-refractivity contribution in [2.24, 2.45) is 0 Å². The maximum atomic E-state index is 6.35. The first-order valence-corrected chi connectivity index (χ1v) is 10.2. The first-order valence-electron chi connectivity index (χ1n) is 10.2. The Labute approximate surface area is 161 Å². The fourth-order valence-corrected chi connectivity index (χ4v) is 4.21. The van der Waals surface area contributed by atoms with Crippen molar-refractivity contribution in [3.63, 3.8) is 0 Å². The molecular formula is C20H29BN4O2. The number of nitrogens with one attached hydrogen (secondary N) is 2. The summed E-state index contributed by atoms with van der Waals surface area (Å²) in [5, 5.41) is 6.88. The van der Waals surface area contributed by atoms with Gasteiger partial charge in [-0.15, -0.1) is 0 Å². The molecule has 3 aliphatic rings. The Balaban J connectivity index is 1.64. The lowest BCUT2D eigenvalue weighted by atomic mass is 9.76. The van der Waals surface area contributed by atoms with Crippen LogP contribution in [0.2, 0.25) is 0 Å². The Morgan fingerprint density at radius 1 is 1.07 bits per heavy atom. The molecule has 2 saturated heterocycles. The van der Waals surface area contributed by atoms with E-state index in [-0.39, 0.29) is 18.3 Å². The molecule has 144 valence electrons. The van der Waals surface area contributed by atoms with Crippen molar-refractivity contribution in [1.29, 1.82) is 0 Å². The fraction of sp³-hybridized carbons (Fsp3) is 0.650. The summed E-state index contributed by atoms with van der Waals surface area (Å²) in [4.78, 5) is 5.05. The maximum Gasteiger partial charge on any atom is 0.494 e. The number of imidazole rings is 1. The summed E-state index contributed by atoms with van der Waals surface area (Å²) in [5.41, 5.74) is 4.18. The van der Waals surface area contributed by atoms with Crippen LogP contribution in [0.15, 0.2) is 12.1 Å². The maximum absolute atomic E-state index is 6.35. The number of fused-ring (bicyclic) bond motifs is 3. The Bertz CT molecular complexity index is 872. The Morgan fingerprint density at radius 2 is 1.81 bits per heavy atom. The minimum Gasteiger partial charge on any atom is -0.399 e. The highest BCUT2D eigenvalue weighted by atomic mass is 16.7. The van der Waals surface area contributed by atoms with Gasteiger partial charge in [-0.3, -0.25) is 0 Å². The summed E-state index contributed by atoms with van der Waals surface area (Å²) in [7, 11) is -0.332. The molecule has 0 atom stereocenters. The summed E-state index contributed by atoms with van der Waals surface area (Å²) in [6, 6.07) is 4.52. The molecule has 3 aliphatic heterocycles. The van der Waals surface area contributed by atoms with Crippen LogP contribution < -0.4 is 16.1 Å². The van der Waals surface area contributed by atoms with Gasteiger partial charge in [0.15, 0.2) is 0 Å². The first-order chi connectivity index (χ1) is 12.9. The third-order valence-electron chi connectivity index (χ3n) is 6.77. The van der Waals surface area contributed by atoms with Gasteiger partial charge < -0.3 is 24.5 Å². The van der Waals surface area contributed by atoms with Gasteiger partial charge in [0.25, 0.3) is 0 Å². The van der Waals surface area contributed by atoms with Gasteiger partial charge in [0.1, 0.15) is 5.82 Å². The number of rotatable bonds is 2. The van der Waals surface area contributed by atoms with Crippen molar-refractivity contribution in [3.05, 3.63) is 23.5 Å². The highest BCUT2D eigenvalue weighted by Gasteiger charge is 2.52. The van der Waals surface area contributed by atoms with E-state index >= 15 is 0 Å². The molecule has 6 nitrogen and oxygen atoms in total. The lowest BCUT2D eigenvalue weighted by Gasteiger charge is -2.32. The smallest absolute Gasteiger partial charge is 0.399 e. The van der Waals surface area contributed by atoms with Gasteiger partial charge in [0.05, 0.1) is 22.2 Å². The van der Waals surface area contributed by atoms with Gasteiger partial charge in [-0.1, -0.05) is 6.07 Å². The van der Waals surface area contributed by atoms with Crippen molar-refractivity contribution < 1.29 is 9.31 Å². The number of benzene rings is 1. The first kappa shape index (κ1) is 17.7. The predicted molar refractivity (Wildman–Crippen MR) is 108 cm³/mol. The minimum atomic E-state index is -0.332.